The predicted octanol–water partition coefficient (Wildman–Crippen LogP) is 3.86. The minimum Gasteiger partial charge on any atom is -0.507 e. The highest BCUT2D eigenvalue weighted by Crippen LogP contribution is 2.27. The fourth-order valence-electron chi connectivity index (χ4n) is 2.50. The number of aromatic carboxylic acids is 1. The predicted molar refractivity (Wildman–Crippen MR) is 108 cm³/mol. The number of rotatable bonds is 7. The van der Waals surface area contributed by atoms with E-state index < -0.39 is 21.7 Å². The minimum atomic E-state index is -4.11. The van der Waals surface area contributed by atoms with E-state index in [1.54, 1.807) is 18.2 Å². The van der Waals surface area contributed by atoms with Crippen LogP contribution in [0.3, 0.4) is 0 Å². The van der Waals surface area contributed by atoms with Crippen molar-refractivity contribution in [1.29, 1.82) is 0 Å². The molecule has 0 heterocycles. The number of aromatic hydroxyl groups is 1. The third kappa shape index (κ3) is 4.33. The van der Waals surface area contributed by atoms with Crippen LogP contribution >= 0.6 is 0 Å². The number of carboxylic acid groups (broad SMARTS) is 1. The summed E-state index contributed by atoms with van der Waals surface area (Å²) in [4.78, 5) is 22.3. The first-order valence-electron chi connectivity index (χ1n) is 8.46. The SMILES string of the molecule is O=CN(c1ccccc1)S(=O)(=O)c1ccc(N=Nc2ccc(O)c(C(=O)O)c2)cc1. The molecule has 0 radical (unpaired) electrons. The smallest absolute Gasteiger partial charge is 0.339 e. The molecule has 0 aliphatic heterocycles. The lowest BCUT2D eigenvalue weighted by Gasteiger charge is -2.17. The Labute approximate surface area is 171 Å². The molecule has 2 N–H and O–H groups in total. The van der Waals surface area contributed by atoms with Crippen LogP contribution < -0.4 is 4.31 Å². The van der Waals surface area contributed by atoms with Crippen LogP contribution in [-0.4, -0.2) is 31.0 Å². The zero-order chi connectivity index (χ0) is 21.7. The number of hydrogen-bond acceptors (Lipinski definition) is 7. The lowest BCUT2D eigenvalue weighted by molar-refractivity contribution is -0.106. The molecular weight excluding hydrogens is 410 g/mol. The summed E-state index contributed by atoms with van der Waals surface area (Å²) in [7, 11) is -4.11. The summed E-state index contributed by atoms with van der Waals surface area (Å²) in [5.41, 5.74) is 0.384. The summed E-state index contributed by atoms with van der Waals surface area (Å²) in [6, 6.07) is 17.0. The number of phenols is 1. The van der Waals surface area contributed by atoms with Crippen molar-refractivity contribution < 1.29 is 28.2 Å². The summed E-state index contributed by atoms with van der Waals surface area (Å²) in [6.45, 7) is 0. The van der Waals surface area contributed by atoms with E-state index >= 15 is 0 Å². The molecule has 0 spiro atoms. The molecule has 30 heavy (non-hydrogen) atoms. The minimum absolute atomic E-state index is 0.116. The van der Waals surface area contributed by atoms with E-state index in [1.165, 1.54) is 48.5 Å². The zero-order valence-electron chi connectivity index (χ0n) is 15.3. The van der Waals surface area contributed by atoms with E-state index in [2.05, 4.69) is 10.2 Å². The van der Waals surface area contributed by atoms with Gasteiger partial charge in [0.1, 0.15) is 11.3 Å². The molecule has 0 aromatic heterocycles. The molecule has 0 aliphatic rings. The van der Waals surface area contributed by atoms with Gasteiger partial charge < -0.3 is 10.2 Å². The molecule has 3 aromatic rings. The molecule has 0 saturated heterocycles. The van der Waals surface area contributed by atoms with Gasteiger partial charge in [-0.1, -0.05) is 18.2 Å². The Hall–Kier alpha value is -4.05. The summed E-state index contributed by atoms with van der Waals surface area (Å²) in [5, 5.41) is 26.3. The topological polar surface area (TPSA) is 137 Å². The van der Waals surface area contributed by atoms with Crippen LogP contribution in [0.5, 0.6) is 5.75 Å². The molecule has 0 saturated carbocycles. The lowest BCUT2D eigenvalue weighted by Crippen LogP contribution is -2.29. The summed E-state index contributed by atoms with van der Waals surface area (Å²) in [6.07, 6.45) is 0.225. The summed E-state index contributed by atoms with van der Waals surface area (Å²) < 4.78 is 26.1. The second kappa shape index (κ2) is 8.53. The van der Waals surface area contributed by atoms with Crippen LogP contribution in [0.4, 0.5) is 17.1 Å². The second-order valence-corrected chi connectivity index (χ2v) is 7.76. The number of hydrogen-bond donors (Lipinski definition) is 2. The van der Waals surface area contributed by atoms with Crippen LogP contribution in [-0.2, 0) is 14.8 Å². The Bertz CT molecular complexity index is 1210. The van der Waals surface area contributed by atoms with Crippen LogP contribution in [0.25, 0.3) is 0 Å². The van der Waals surface area contributed by atoms with Crippen molar-refractivity contribution in [2.45, 2.75) is 4.90 Å². The number of sulfonamides is 1. The van der Waals surface area contributed by atoms with E-state index in [4.69, 9.17) is 5.11 Å². The number of carbonyl (C=O) groups excluding carboxylic acids is 1. The molecule has 0 fully saturated rings. The van der Waals surface area contributed by atoms with Gasteiger partial charge in [0.05, 0.1) is 22.0 Å². The lowest BCUT2D eigenvalue weighted by atomic mass is 10.2. The molecule has 0 unspecified atom stereocenters. The molecule has 152 valence electrons. The van der Waals surface area contributed by atoms with Gasteiger partial charge in [0, 0.05) is 0 Å². The average molecular weight is 425 g/mol. The van der Waals surface area contributed by atoms with Gasteiger partial charge in [0.25, 0.3) is 10.0 Å². The van der Waals surface area contributed by atoms with Gasteiger partial charge in [-0.15, -0.1) is 0 Å². The zero-order valence-corrected chi connectivity index (χ0v) is 16.1. The normalized spacial score (nSPS) is 11.3. The van der Waals surface area contributed by atoms with Gasteiger partial charge in [0.15, 0.2) is 0 Å². The average Bonchev–Trinajstić information content (AvgIpc) is 2.74. The molecule has 3 aromatic carbocycles. The fourth-order valence-corrected chi connectivity index (χ4v) is 3.72. The van der Waals surface area contributed by atoms with E-state index in [0.29, 0.717) is 9.99 Å². The first-order chi connectivity index (χ1) is 14.3. The van der Waals surface area contributed by atoms with Crippen molar-refractivity contribution in [2.24, 2.45) is 10.2 Å². The van der Waals surface area contributed by atoms with Crippen molar-refractivity contribution in [3.63, 3.8) is 0 Å². The van der Waals surface area contributed by atoms with Gasteiger partial charge in [-0.2, -0.15) is 10.2 Å². The number of para-hydroxylation sites is 1. The first kappa shape index (κ1) is 20.7. The number of benzene rings is 3. The molecular formula is C20H15N3O6S. The third-order valence-corrected chi connectivity index (χ3v) is 5.67. The van der Waals surface area contributed by atoms with Crippen molar-refractivity contribution in [2.75, 3.05) is 4.31 Å². The standard InChI is InChI=1S/C20H15N3O6S/c24-13-23(16-4-2-1-3-5-16)30(28,29)17-9-6-14(7-10-17)21-22-15-8-11-19(25)18(12-15)20(26)27/h1-13,25H,(H,26,27). The maximum atomic E-state index is 12.7. The van der Waals surface area contributed by atoms with Crippen LogP contribution in [0.1, 0.15) is 10.4 Å². The van der Waals surface area contributed by atoms with E-state index in [-0.39, 0.29) is 28.2 Å². The van der Waals surface area contributed by atoms with Gasteiger partial charge in [-0.25, -0.2) is 17.5 Å². The van der Waals surface area contributed by atoms with E-state index in [9.17, 15) is 23.1 Å². The van der Waals surface area contributed by atoms with Gasteiger partial charge >= 0.3 is 5.97 Å². The Balaban J connectivity index is 1.84. The molecule has 9 nitrogen and oxygen atoms in total. The van der Waals surface area contributed by atoms with E-state index in [0.717, 1.165) is 6.07 Å². The summed E-state index contributed by atoms with van der Waals surface area (Å²) in [5.74, 6) is -1.70. The fraction of sp³-hybridized carbons (Fsp3) is 0. The van der Waals surface area contributed by atoms with Crippen molar-refractivity contribution in [1.82, 2.24) is 0 Å². The quantitative estimate of drug-likeness (QED) is 0.436. The van der Waals surface area contributed by atoms with Crippen molar-refractivity contribution in [3.05, 3.63) is 78.4 Å². The van der Waals surface area contributed by atoms with Gasteiger partial charge in [-0.3, -0.25) is 4.79 Å². The molecule has 10 heteroatoms. The number of carboxylic acids is 1. The highest BCUT2D eigenvalue weighted by atomic mass is 32.2. The Morgan fingerprint density at radius 1 is 0.900 bits per heavy atom. The number of carbonyl (C=O) groups is 2. The van der Waals surface area contributed by atoms with Crippen molar-refractivity contribution >= 4 is 39.5 Å². The van der Waals surface area contributed by atoms with Crippen LogP contribution in [0.15, 0.2) is 87.9 Å². The molecule has 0 atom stereocenters. The first-order valence-corrected chi connectivity index (χ1v) is 9.90. The number of amides is 1. The summed E-state index contributed by atoms with van der Waals surface area (Å²) >= 11 is 0. The van der Waals surface area contributed by atoms with Crippen LogP contribution in [0, 0.1) is 0 Å². The maximum Gasteiger partial charge on any atom is 0.339 e. The second-order valence-electron chi connectivity index (χ2n) is 5.94. The van der Waals surface area contributed by atoms with Gasteiger partial charge in [0.2, 0.25) is 6.41 Å². The third-order valence-electron chi connectivity index (χ3n) is 3.99. The van der Waals surface area contributed by atoms with Gasteiger partial charge in [-0.05, 0) is 54.6 Å². The molecule has 3 rings (SSSR count). The van der Waals surface area contributed by atoms with Crippen LogP contribution in [0.2, 0.25) is 0 Å². The Morgan fingerprint density at radius 3 is 2.10 bits per heavy atom. The number of nitrogens with zero attached hydrogens (tertiary/aromatic N) is 3. The van der Waals surface area contributed by atoms with Crippen molar-refractivity contribution in [3.8, 4) is 5.75 Å². The van der Waals surface area contributed by atoms with E-state index in [1.807, 2.05) is 0 Å². The largest absolute Gasteiger partial charge is 0.507 e. The Morgan fingerprint density at radius 2 is 1.50 bits per heavy atom. The Kier molecular flexibility index (Phi) is 5.88. The number of azo groups is 1. The highest BCUT2D eigenvalue weighted by Gasteiger charge is 2.24. The molecule has 0 aliphatic carbocycles. The molecule has 0 bridgehead atoms. The highest BCUT2D eigenvalue weighted by molar-refractivity contribution is 7.93. The monoisotopic (exact) mass is 425 g/mol. The number of anilines is 1. The maximum absolute atomic E-state index is 12.7. The molecule has 1 amide bonds.